The zero-order chi connectivity index (χ0) is 14.0. The molecule has 1 amide bonds. The molecule has 0 radical (unpaired) electrons. The lowest BCUT2D eigenvalue weighted by atomic mass is 10.2. The summed E-state index contributed by atoms with van der Waals surface area (Å²) in [4.78, 5) is 26.3. The molecule has 19 heavy (non-hydrogen) atoms. The normalized spacial score (nSPS) is 10.3. The molecule has 0 unspecified atom stereocenters. The summed E-state index contributed by atoms with van der Waals surface area (Å²) in [6, 6.07) is 5.10. The number of carbonyl (C=O) groups excluding carboxylic acids is 1. The molecule has 1 aromatic heterocycles. The molecule has 4 nitrogen and oxygen atoms in total. The second-order valence-electron chi connectivity index (χ2n) is 3.98. The Hall–Kier alpha value is -2.14. The Bertz CT molecular complexity index is 697. The number of nitrogens with one attached hydrogen (secondary N) is 2. The zero-order valence-corrected chi connectivity index (χ0v) is 10.7. The number of benzene rings is 1. The van der Waals surface area contributed by atoms with Crippen LogP contribution in [0.15, 0.2) is 35.3 Å². The van der Waals surface area contributed by atoms with Crippen molar-refractivity contribution in [2.75, 3.05) is 5.32 Å². The first-order chi connectivity index (χ1) is 8.97. The Morgan fingerprint density at radius 3 is 2.74 bits per heavy atom. The number of aryl methyl sites for hydroxylation is 1. The number of halogens is 2. The predicted molar refractivity (Wildman–Crippen MR) is 71.2 cm³/mol. The van der Waals surface area contributed by atoms with Gasteiger partial charge in [-0.2, -0.15) is 0 Å². The van der Waals surface area contributed by atoms with E-state index in [4.69, 9.17) is 11.6 Å². The number of aromatic nitrogens is 1. The van der Waals surface area contributed by atoms with Gasteiger partial charge in [-0.25, -0.2) is 4.39 Å². The number of amides is 1. The Balaban J connectivity index is 2.25. The maximum Gasteiger partial charge on any atom is 0.261 e. The van der Waals surface area contributed by atoms with Gasteiger partial charge >= 0.3 is 0 Å². The second-order valence-corrected chi connectivity index (χ2v) is 4.38. The van der Waals surface area contributed by atoms with E-state index in [2.05, 4.69) is 10.3 Å². The highest BCUT2D eigenvalue weighted by atomic mass is 35.5. The largest absolute Gasteiger partial charge is 0.364 e. The molecule has 98 valence electrons. The standard InChI is InChI=1S/C13H10ClFN2O2/c1-7-4-12(18)9(6-16-7)13(19)17-8-2-3-11(15)10(14)5-8/h2-6H,1H3,(H,16,18)(H,17,19). The van der Waals surface area contributed by atoms with Gasteiger partial charge in [-0.3, -0.25) is 9.59 Å². The fraction of sp³-hybridized carbons (Fsp3) is 0.0769. The quantitative estimate of drug-likeness (QED) is 0.888. The second kappa shape index (κ2) is 5.24. The molecule has 0 saturated carbocycles. The molecule has 0 spiro atoms. The molecule has 0 saturated heterocycles. The molecule has 1 heterocycles. The summed E-state index contributed by atoms with van der Waals surface area (Å²) in [5, 5.41) is 2.38. The highest BCUT2D eigenvalue weighted by Crippen LogP contribution is 2.19. The van der Waals surface area contributed by atoms with Crippen LogP contribution >= 0.6 is 11.6 Å². The number of hydrogen-bond acceptors (Lipinski definition) is 2. The van der Waals surface area contributed by atoms with Gasteiger partial charge in [0.2, 0.25) is 0 Å². The number of H-pyrrole nitrogens is 1. The highest BCUT2D eigenvalue weighted by molar-refractivity contribution is 6.31. The maximum atomic E-state index is 13.0. The molecular weight excluding hydrogens is 271 g/mol. The van der Waals surface area contributed by atoms with Crippen LogP contribution in [-0.4, -0.2) is 10.9 Å². The van der Waals surface area contributed by atoms with Crippen molar-refractivity contribution in [3.8, 4) is 0 Å². The zero-order valence-electron chi connectivity index (χ0n) is 9.96. The molecular formula is C13H10ClFN2O2. The Morgan fingerprint density at radius 1 is 1.37 bits per heavy atom. The molecule has 0 aliphatic carbocycles. The summed E-state index contributed by atoms with van der Waals surface area (Å²) in [6.07, 6.45) is 1.33. The van der Waals surface area contributed by atoms with E-state index in [1.165, 1.54) is 24.4 Å². The summed E-state index contributed by atoms with van der Waals surface area (Å²) in [6.45, 7) is 1.71. The first kappa shape index (κ1) is 13.3. The first-order valence-corrected chi connectivity index (χ1v) is 5.81. The first-order valence-electron chi connectivity index (χ1n) is 5.43. The third-order valence-corrected chi connectivity index (χ3v) is 2.77. The van der Waals surface area contributed by atoms with Gasteiger partial charge in [-0.15, -0.1) is 0 Å². The summed E-state index contributed by atoms with van der Waals surface area (Å²) < 4.78 is 13.0. The minimum atomic E-state index is -0.580. The van der Waals surface area contributed by atoms with E-state index < -0.39 is 11.7 Å². The molecule has 2 N–H and O–H groups in total. The van der Waals surface area contributed by atoms with Gasteiger partial charge in [0.1, 0.15) is 11.4 Å². The Morgan fingerprint density at radius 2 is 2.11 bits per heavy atom. The van der Waals surface area contributed by atoms with Crippen LogP contribution in [0.25, 0.3) is 0 Å². The lowest BCUT2D eigenvalue weighted by Gasteiger charge is -2.05. The van der Waals surface area contributed by atoms with Crippen LogP contribution < -0.4 is 10.7 Å². The minimum Gasteiger partial charge on any atom is -0.364 e. The summed E-state index contributed by atoms with van der Waals surface area (Å²) in [5.74, 6) is -1.16. The predicted octanol–water partition coefficient (Wildman–Crippen LogP) is 2.73. The summed E-state index contributed by atoms with van der Waals surface area (Å²) >= 11 is 5.60. The van der Waals surface area contributed by atoms with Crippen LogP contribution in [-0.2, 0) is 0 Å². The third kappa shape index (κ3) is 3.00. The van der Waals surface area contributed by atoms with Gasteiger partial charge in [0.25, 0.3) is 5.91 Å². The van der Waals surface area contributed by atoms with Crippen LogP contribution in [0.3, 0.4) is 0 Å². The van der Waals surface area contributed by atoms with Crippen molar-refractivity contribution in [3.63, 3.8) is 0 Å². The lowest BCUT2D eigenvalue weighted by molar-refractivity contribution is 0.102. The molecule has 0 aliphatic rings. The van der Waals surface area contributed by atoms with E-state index >= 15 is 0 Å². The monoisotopic (exact) mass is 280 g/mol. The van der Waals surface area contributed by atoms with Crippen molar-refractivity contribution in [1.29, 1.82) is 0 Å². The highest BCUT2D eigenvalue weighted by Gasteiger charge is 2.11. The molecule has 0 atom stereocenters. The van der Waals surface area contributed by atoms with E-state index in [0.29, 0.717) is 11.4 Å². The maximum absolute atomic E-state index is 13.0. The lowest BCUT2D eigenvalue weighted by Crippen LogP contribution is -2.21. The number of aromatic amines is 1. The van der Waals surface area contributed by atoms with E-state index in [1.54, 1.807) is 6.92 Å². The van der Waals surface area contributed by atoms with E-state index in [-0.39, 0.29) is 16.0 Å². The molecule has 2 rings (SSSR count). The molecule has 2 aromatic rings. The minimum absolute atomic E-state index is 0.0222. The van der Waals surface area contributed by atoms with Crippen molar-refractivity contribution < 1.29 is 9.18 Å². The van der Waals surface area contributed by atoms with Gasteiger partial charge in [0.15, 0.2) is 5.43 Å². The fourth-order valence-electron chi connectivity index (χ4n) is 1.52. The average molecular weight is 281 g/mol. The molecule has 6 heteroatoms. The van der Waals surface area contributed by atoms with Crippen molar-refractivity contribution in [3.05, 3.63) is 62.8 Å². The van der Waals surface area contributed by atoms with Crippen LogP contribution in [0.1, 0.15) is 16.1 Å². The average Bonchev–Trinajstić information content (AvgIpc) is 2.33. The SMILES string of the molecule is Cc1cc(=O)c(C(=O)Nc2ccc(F)c(Cl)c2)c[nH]1. The third-order valence-electron chi connectivity index (χ3n) is 2.48. The molecule has 0 aliphatic heterocycles. The van der Waals surface area contributed by atoms with Crippen LogP contribution in [0.5, 0.6) is 0 Å². The number of hydrogen-bond donors (Lipinski definition) is 2. The van der Waals surface area contributed by atoms with E-state index in [9.17, 15) is 14.0 Å². The van der Waals surface area contributed by atoms with Crippen LogP contribution in [0, 0.1) is 12.7 Å². The van der Waals surface area contributed by atoms with Gasteiger partial charge in [0.05, 0.1) is 5.02 Å². The van der Waals surface area contributed by atoms with Crippen molar-refractivity contribution in [1.82, 2.24) is 4.98 Å². The fourth-order valence-corrected chi connectivity index (χ4v) is 1.70. The number of pyridine rings is 1. The van der Waals surface area contributed by atoms with E-state index in [0.717, 1.165) is 6.07 Å². The Labute approximate surface area is 113 Å². The van der Waals surface area contributed by atoms with Crippen molar-refractivity contribution in [2.24, 2.45) is 0 Å². The molecule has 0 fully saturated rings. The smallest absolute Gasteiger partial charge is 0.261 e. The summed E-state index contributed by atoms with van der Waals surface area (Å²) in [5.41, 5.74) is 0.566. The van der Waals surface area contributed by atoms with Gasteiger partial charge < -0.3 is 10.3 Å². The van der Waals surface area contributed by atoms with E-state index in [1.807, 2.05) is 0 Å². The van der Waals surface area contributed by atoms with Gasteiger partial charge in [0, 0.05) is 23.6 Å². The molecule has 1 aromatic carbocycles. The summed E-state index contributed by atoms with van der Waals surface area (Å²) in [7, 11) is 0. The van der Waals surface area contributed by atoms with Gasteiger partial charge in [-0.1, -0.05) is 11.6 Å². The van der Waals surface area contributed by atoms with Crippen molar-refractivity contribution >= 4 is 23.2 Å². The number of anilines is 1. The Kier molecular flexibility index (Phi) is 3.66. The van der Waals surface area contributed by atoms with Crippen LogP contribution in [0.4, 0.5) is 10.1 Å². The molecule has 0 bridgehead atoms. The number of carbonyl (C=O) groups is 1. The van der Waals surface area contributed by atoms with Crippen molar-refractivity contribution in [2.45, 2.75) is 6.92 Å². The number of rotatable bonds is 2. The van der Waals surface area contributed by atoms with Crippen LogP contribution in [0.2, 0.25) is 5.02 Å². The van der Waals surface area contributed by atoms with Gasteiger partial charge in [-0.05, 0) is 25.1 Å². The topological polar surface area (TPSA) is 62.0 Å².